The Hall–Kier alpha value is -1.46. The third-order valence-corrected chi connectivity index (χ3v) is 3.86. The summed E-state index contributed by atoms with van der Waals surface area (Å²) in [4.78, 5) is 11.9. The minimum absolute atomic E-state index is 0.190. The van der Waals surface area contributed by atoms with E-state index in [9.17, 15) is 31.1 Å². The summed E-state index contributed by atoms with van der Waals surface area (Å²) in [5, 5.41) is 0. The van der Waals surface area contributed by atoms with Crippen molar-refractivity contribution in [3.8, 4) is 5.75 Å². The SMILES string of the molecule is CCOC(=O)C1=CC(C(F)(F)F)(C(F)(F)F)Oc2ccc(I)cc21. The van der Waals surface area contributed by atoms with Crippen molar-refractivity contribution in [2.45, 2.75) is 24.9 Å². The second kappa shape index (κ2) is 6.12. The Morgan fingerprint density at radius 1 is 1.21 bits per heavy atom. The number of hydrogen-bond acceptors (Lipinski definition) is 3. The molecule has 0 amide bonds. The number of halogens is 7. The third kappa shape index (κ3) is 3.07. The van der Waals surface area contributed by atoms with Gasteiger partial charge in [0.15, 0.2) is 0 Å². The first-order chi connectivity index (χ1) is 10.9. The van der Waals surface area contributed by atoms with Gasteiger partial charge in [-0.1, -0.05) is 0 Å². The second-order valence-corrected chi connectivity index (χ2v) is 6.00. The van der Waals surface area contributed by atoms with Gasteiger partial charge in [-0.25, -0.2) is 4.79 Å². The Kier molecular flexibility index (Phi) is 4.81. The molecule has 24 heavy (non-hydrogen) atoms. The van der Waals surface area contributed by atoms with Gasteiger partial charge < -0.3 is 9.47 Å². The molecular weight excluding hydrogens is 457 g/mol. The quantitative estimate of drug-likeness (QED) is 0.366. The van der Waals surface area contributed by atoms with E-state index in [0.717, 1.165) is 6.07 Å². The van der Waals surface area contributed by atoms with Crippen LogP contribution >= 0.6 is 22.6 Å². The Morgan fingerprint density at radius 3 is 2.29 bits per heavy atom. The molecule has 1 aliphatic heterocycles. The van der Waals surface area contributed by atoms with Crippen molar-refractivity contribution in [2.75, 3.05) is 6.61 Å². The number of ether oxygens (including phenoxy) is 2. The van der Waals surface area contributed by atoms with E-state index in [4.69, 9.17) is 0 Å². The van der Waals surface area contributed by atoms with E-state index in [1.54, 1.807) is 22.6 Å². The number of hydrogen-bond donors (Lipinski definition) is 0. The molecule has 0 spiro atoms. The molecule has 0 aliphatic carbocycles. The lowest BCUT2D eigenvalue weighted by atomic mass is 9.91. The number of alkyl halides is 6. The maximum atomic E-state index is 13.2. The predicted octanol–water partition coefficient (Wildman–Crippen LogP) is 4.49. The molecular formula is C14H9F6IO3. The fourth-order valence-corrected chi connectivity index (χ4v) is 2.59. The molecule has 0 saturated heterocycles. The van der Waals surface area contributed by atoms with Gasteiger partial charge in [0, 0.05) is 9.13 Å². The summed E-state index contributed by atoms with van der Waals surface area (Å²) in [6, 6.07) is 3.47. The van der Waals surface area contributed by atoms with Crippen molar-refractivity contribution in [1.29, 1.82) is 0 Å². The third-order valence-electron chi connectivity index (χ3n) is 3.19. The fraction of sp³-hybridized carbons (Fsp3) is 0.357. The van der Waals surface area contributed by atoms with E-state index >= 15 is 0 Å². The standard InChI is InChI=1S/C14H9F6IO3/c1-2-23-11(22)9-6-12(13(15,16)17,14(18,19)20)24-10-4-3-7(21)5-8(9)10/h3-6H,2H2,1H3. The summed E-state index contributed by atoms with van der Waals surface area (Å²) in [5.74, 6) is -1.99. The topological polar surface area (TPSA) is 35.5 Å². The number of benzene rings is 1. The molecule has 1 aromatic rings. The molecule has 0 saturated carbocycles. The maximum Gasteiger partial charge on any atom is 0.441 e. The molecule has 2 rings (SSSR count). The van der Waals surface area contributed by atoms with Crippen LogP contribution in [0.4, 0.5) is 26.3 Å². The van der Waals surface area contributed by atoms with Crippen LogP contribution in [0.25, 0.3) is 5.57 Å². The van der Waals surface area contributed by atoms with Gasteiger partial charge >= 0.3 is 23.9 Å². The van der Waals surface area contributed by atoms with Crippen molar-refractivity contribution in [3.63, 3.8) is 0 Å². The van der Waals surface area contributed by atoms with Crippen LogP contribution in [-0.4, -0.2) is 30.5 Å². The van der Waals surface area contributed by atoms with Gasteiger partial charge in [-0.15, -0.1) is 0 Å². The van der Waals surface area contributed by atoms with Crippen molar-refractivity contribution in [3.05, 3.63) is 33.4 Å². The highest BCUT2D eigenvalue weighted by Crippen LogP contribution is 2.52. The first-order valence-corrected chi connectivity index (χ1v) is 7.53. The van der Waals surface area contributed by atoms with Crippen LogP contribution in [0.2, 0.25) is 0 Å². The molecule has 0 radical (unpaired) electrons. The first-order valence-electron chi connectivity index (χ1n) is 6.45. The van der Waals surface area contributed by atoms with Crippen LogP contribution in [-0.2, 0) is 9.53 Å². The van der Waals surface area contributed by atoms with E-state index < -0.39 is 35.2 Å². The van der Waals surface area contributed by atoms with Crippen molar-refractivity contribution >= 4 is 34.1 Å². The van der Waals surface area contributed by atoms with Gasteiger partial charge in [0.25, 0.3) is 0 Å². The lowest BCUT2D eigenvalue weighted by molar-refractivity contribution is -0.338. The minimum Gasteiger partial charge on any atom is -0.464 e. The second-order valence-electron chi connectivity index (χ2n) is 4.75. The number of fused-ring (bicyclic) bond motifs is 1. The Morgan fingerprint density at radius 2 is 1.79 bits per heavy atom. The molecule has 0 atom stereocenters. The number of rotatable bonds is 2. The van der Waals surface area contributed by atoms with Crippen LogP contribution in [0.5, 0.6) is 5.75 Å². The van der Waals surface area contributed by atoms with Crippen molar-refractivity contribution < 1.29 is 40.6 Å². The van der Waals surface area contributed by atoms with Gasteiger partial charge in [-0.2, -0.15) is 26.3 Å². The number of carbonyl (C=O) groups is 1. The normalized spacial score (nSPS) is 16.8. The number of esters is 1. The van der Waals surface area contributed by atoms with Gasteiger partial charge in [-0.05, 0) is 53.8 Å². The zero-order chi connectivity index (χ0) is 18.3. The van der Waals surface area contributed by atoms with Crippen LogP contribution in [0, 0.1) is 3.57 Å². The molecule has 0 aromatic heterocycles. The van der Waals surface area contributed by atoms with E-state index in [0.29, 0.717) is 3.57 Å². The highest BCUT2D eigenvalue weighted by Gasteiger charge is 2.73. The van der Waals surface area contributed by atoms with Gasteiger partial charge in [0.1, 0.15) is 5.75 Å². The van der Waals surface area contributed by atoms with E-state index in [-0.39, 0.29) is 18.2 Å². The molecule has 132 valence electrons. The predicted molar refractivity (Wildman–Crippen MR) is 79.2 cm³/mol. The van der Waals surface area contributed by atoms with Gasteiger partial charge in [0.05, 0.1) is 12.2 Å². The lowest BCUT2D eigenvalue weighted by Crippen LogP contribution is -2.60. The maximum absolute atomic E-state index is 13.2. The zero-order valence-electron chi connectivity index (χ0n) is 11.9. The Labute approximate surface area is 145 Å². The highest BCUT2D eigenvalue weighted by molar-refractivity contribution is 14.1. The monoisotopic (exact) mass is 466 g/mol. The van der Waals surface area contributed by atoms with Gasteiger partial charge in [0.2, 0.25) is 0 Å². The Bertz CT molecular complexity index is 679. The molecule has 3 nitrogen and oxygen atoms in total. The van der Waals surface area contributed by atoms with Crippen molar-refractivity contribution in [1.82, 2.24) is 0 Å². The summed E-state index contributed by atoms with van der Waals surface area (Å²) < 4.78 is 88.9. The van der Waals surface area contributed by atoms with E-state index in [1.807, 2.05) is 0 Å². The molecule has 0 fully saturated rings. The molecule has 10 heteroatoms. The molecule has 1 aromatic carbocycles. The first kappa shape index (κ1) is 18.9. The zero-order valence-corrected chi connectivity index (χ0v) is 14.0. The molecule has 0 N–H and O–H groups in total. The smallest absolute Gasteiger partial charge is 0.441 e. The van der Waals surface area contributed by atoms with Gasteiger partial charge in [-0.3, -0.25) is 0 Å². The summed E-state index contributed by atoms with van der Waals surface area (Å²) in [5.41, 5.74) is -5.65. The average molecular weight is 466 g/mol. The highest BCUT2D eigenvalue weighted by atomic mass is 127. The fourth-order valence-electron chi connectivity index (χ4n) is 2.10. The minimum atomic E-state index is -5.83. The van der Waals surface area contributed by atoms with Crippen LogP contribution < -0.4 is 4.74 Å². The summed E-state index contributed by atoms with van der Waals surface area (Å²) >= 11 is 1.80. The van der Waals surface area contributed by atoms with E-state index in [1.165, 1.54) is 19.1 Å². The van der Waals surface area contributed by atoms with Crippen LogP contribution in [0.15, 0.2) is 24.3 Å². The van der Waals surface area contributed by atoms with Crippen LogP contribution in [0.1, 0.15) is 12.5 Å². The molecule has 0 unspecified atom stereocenters. The van der Waals surface area contributed by atoms with E-state index in [2.05, 4.69) is 9.47 Å². The summed E-state index contributed by atoms with van der Waals surface area (Å²) in [7, 11) is 0. The average Bonchev–Trinajstić information content (AvgIpc) is 2.43. The summed E-state index contributed by atoms with van der Waals surface area (Å²) in [6.07, 6.45) is -11.9. The molecule has 1 heterocycles. The van der Waals surface area contributed by atoms with Crippen molar-refractivity contribution in [2.24, 2.45) is 0 Å². The Balaban J connectivity index is 2.76. The lowest BCUT2D eigenvalue weighted by Gasteiger charge is -2.38. The molecule has 1 aliphatic rings. The summed E-state index contributed by atoms with van der Waals surface area (Å²) in [6.45, 7) is 1.18. The number of carbonyl (C=O) groups excluding carboxylic acids is 1. The molecule has 0 bridgehead atoms. The largest absolute Gasteiger partial charge is 0.464 e. The van der Waals surface area contributed by atoms with Crippen LogP contribution in [0.3, 0.4) is 0 Å².